The van der Waals surface area contributed by atoms with Gasteiger partial charge in [-0.1, -0.05) is 25.3 Å². The first kappa shape index (κ1) is 23.2. The van der Waals surface area contributed by atoms with Crippen molar-refractivity contribution in [3.63, 3.8) is 0 Å². The summed E-state index contributed by atoms with van der Waals surface area (Å²) >= 11 is 1.56. The van der Waals surface area contributed by atoms with Crippen LogP contribution >= 0.6 is 11.3 Å². The minimum absolute atomic E-state index is 0.260. The summed E-state index contributed by atoms with van der Waals surface area (Å²) in [4.78, 5) is 23.7. The average Bonchev–Trinajstić information content (AvgIpc) is 2.95. The van der Waals surface area contributed by atoms with Crippen LogP contribution in [-0.4, -0.2) is 30.8 Å². The van der Waals surface area contributed by atoms with Gasteiger partial charge in [0.15, 0.2) is 0 Å². The van der Waals surface area contributed by atoms with Crippen LogP contribution in [0.3, 0.4) is 0 Å². The molecule has 0 aliphatic heterocycles. The van der Waals surface area contributed by atoms with Crippen LogP contribution in [0.5, 0.6) is 0 Å². The largest absolute Gasteiger partial charge is 0.465 e. The van der Waals surface area contributed by atoms with Crippen molar-refractivity contribution in [1.29, 1.82) is 0 Å². The summed E-state index contributed by atoms with van der Waals surface area (Å²) in [5.74, 6) is -0.260. The third-order valence-corrected chi connectivity index (χ3v) is 5.18. The Morgan fingerprint density at radius 1 is 1.22 bits per heavy atom. The molecule has 0 radical (unpaired) electrons. The van der Waals surface area contributed by atoms with E-state index in [0.29, 0.717) is 11.6 Å². The highest BCUT2D eigenvalue weighted by Crippen LogP contribution is 2.23. The monoisotopic (exact) mass is 395 g/mol. The molecule has 27 heavy (non-hydrogen) atoms. The fraction of sp³-hybridized carbons (Fsp3) is 0.619. The number of amides is 1. The first-order valence-electron chi connectivity index (χ1n) is 9.46. The van der Waals surface area contributed by atoms with E-state index >= 15 is 0 Å². The summed E-state index contributed by atoms with van der Waals surface area (Å²) in [6.07, 6.45) is 9.61. The average molecular weight is 396 g/mol. The van der Waals surface area contributed by atoms with Gasteiger partial charge in [0.2, 0.25) is 0 Å². The highest BCUT2D eigenvalue weighted by molar-refractivity contribution is 7.11. The van der Waals surface area contributed by atoms with Gasteiger partial charge in [0.25, 0.3) is 0 Å². The summed E-state index contributed by atoms with van der Waals surface area (Å²) in [6, 6.07) is 0.332. The van der Waals surface area contributed by atoms with Crippen LogP contribution in [0.25, 0.3) is 6.08 Å². The molecular weight excluding hydrogens is 362 g/mol. The number of hydrogen-bond acceptors (Lipinski definition) is 5. The molecule has 6 heteroatoms. The van der Waals surface area contributed by atoms with Crippen molar-refractivity contribution in [3.05, 3.63) is 27.5 Å². The van der Waals surface area contributed by atoms with Crippen molar-refractivity contribution < 1.29 is 19.1 Å². The second-order valence-electron chi connectivity index (χ2n) is 7.61. The van der Waals surface area contributed by atoms with Crippen LogP contribution in [0, 0.1) is 6.92 Å². The van der Waals surface area contributed by atoms with E-state index in [4.69, 9.17) is 4.74 Å². The minimum atomic E-state index is -0.390. The molecule has 1 fully saturated rings. The molecule has 0 saturated heterocycles. The van der Waals surface area contributed by atoms with Crippen LogP contribution < -0.4 is 5.32 Å². The van der Waals surface area contributed by atoms with Gasteiger partial charge in [0, 0.05) is 16.3 Å². The van der Waals surface area contributed by atoms with Crippen LogP contribution in [0.4, 0.5) is 4.79 Å². The lowest BCUT2D eigenvalue weighted by Crippen LogP contribution is -2.39. The number of ether oxygens (including phenoxy) is 2. The van der Waals surface area contributed by atoms with Crippen molar-refractivity contribution in [2.75, 3.05) is 7.11 Å². The number of thiophene rings is 1. The fourth-order valence-electron chi connectivity index (χ4n) is 2.78. The number of nitrogens with one attached hydrogen (secondary N) is 1. The predicted molar refractivity (Wildman–Crippen MR) is 111 cm³/mol. The highest BCUT2D eigenvalue weighted by Gasteiger charge is 2.20. The second-order valence-corrected chi connectivity index (χ2v) is 8.52. The zero-order chi connectivity index (χ0) is 20.4. The fourth-order valence-corrected chi connectivity index (χ4v) is 3.80. The molecule has 1 N–H and O–H groups in total. The lowest BCUT2D eigenvalue weighted by Gasteiger charge is -2.25. The van der Waals surface area contributed by atoms with Crippen LogP contribution in [-0.2, 0) is 9.47 Å². The maximum absolute atomic E-state index is 11.4. The third-order valence-electron chi connectivity index (χ3n) is 4.13. The molecule has 1 aromatic rings. The third kappa shape index (κ3) is 8.61. The number of hydrogen-bond donors (Lipinski definition) is 1. The van der Waals surface area contributed by atoms with Gasteiger partial charge in [-0.25, -0.2) is 9.59 Å². The maximum Gasteiger partial charge on any atom is 0.407 e. The van der Waals surface area contributed by atoms with Crippen molar-refractivity contribution >= 4 is 29.5 Å². The number of rotatable bonds is 3. The Balaban J connectivity index is 0.000000271. The number of carbonyl (C=O) groups is 2. The molecule has 1 aliphatic carbocycles. The summed E-state index contributed by atoms with van der Waals surface area (Å²) < 4.78 is 9.84. The molecule has 0 spiro atoms. The summed E-state index contributed by atoms with van der Waals surface area (Å²) in [5.41, 5.74) is 1.27. The molecule has 1 aliphatic rings. The van der Waals surface area contributed by atoms with E-state index in [1.165, 1.54) is 26.4 Å². The number of esters is 1. The van der Waals surface area contributed by atoms with Crippen molar-refractivity contribution in [1.82, 2.24) is 5.32 Å². The number of carbonyl (C=O) groups excluding carboxylic acids is 2. The van der Waals surface area contributed by atoms with Crippen LogP contribution in [0.2, 0.25) is 0 Å². The van der Waals surface area contributed by atoms with E-state index in [-0.39, 0.29) is 12.1 Å². The van der Waals surface area contributed by atoms with Gasteiger partial charge in [0.05, 0.1) is 12.7 Å². The number of allylic oxidation sites excluding steroid dienone is 1. The minimum Gasteiger partial charge on any atom is -0.465 e. The van der Waals surface area contributed by atoms with Crippen molar-refractivity contribution in [3.8, 4) is 0 Å². The van der Waals surface area contributed by atoms with Gasteiger partial charge in [-0.15, -0.1) is 11.3 Å². The molecule has 0 atom stereocenters. The van der Waals surface area contributed by atoms with Gasteiger partial charge in [0.1, 0.15) is 5.60 Å². The summed E-state index contributed by atoms with van der Waals surface area (Å²) in [5, 5.41) is 4.74. The molecule has 1 saturated carbocycles. The quantitative estimate of drug-likeness (QED) is 0.665. The number of methoxy groups -OCH3 is 1. The zero-order valence-corrected chi connectivity index (χ0v) is 18.2. The van der Waals surface area contributed by atoms with Crippen molar-refractivity contribution in [2.45, 2.75) is 78.4 Å². The van der Waals surface area contributed by atoms with E-state index in [1.807, 2.05) is 52.2 Å². The Kier molecular flexibility index (Phi) is 9.56. The van der Waals surface area contributed by atoms with E-state index in [0.717, 1.165) is 23.3 Å². The van der Waals surface area contributed by atoms with Gasteiger partial charge in [-0.05, 0) is 59.1 Å². The Morgan fingerprint density at radius 2 is 1.85 bits per heavy atom. The summed E-state index contributed by atoms with van der Waals surface area (Å²) in [6.45, 7) is 9.53. The van der Waals surface area contributed by atoms with Crippen LogP contribution in [0.1, 0.15) is 80.6 Å². The van der Waals surface area contributed by atoms with Crippen molar-refractivity contribution in [2.24, 2.45) is 0 Å². The van der Waals surface area contributed by atoms with Gasteiger partial charge < -0.3 is 14.8 Å². The zero-order valence-electron chi connectivity index (χ0n) is 17.4. The Hall–Kier alpha value is -1.82. The first-order valence-corrected chi connectivity index (χ1v) is 10.3. The Morgan fingerprint density at radius 3 is 2.37 bits per heavy atom. The van der Waals surface area contributed by atoms with E-state index in [1.54, 1.807) is 11.3 Å². The van der Waals surface area contributed by atoms with E-state index in [2.05, 4.69) is 10.1 Å². The predicted octanol–water partition coefficient (Wildman–Crippen LogP) is 5.72. The SMILES string of the molecule is C/C=C/c1scc(C(=O)OC)c1C.CC(C)(C)OC(=O)NC1CCCCC1. The lowest BCUT2D eigenvalue weighted by atomic mass is 9.96. The van der Waals surface area contributed by atoms with E-state index in [9.17, 15) is 9.59 Å². The van der Waals surface area contributed by atoms with Gasteiger partial charge >= 0.3 is 12.1 Å². The lowest BCUT2D eigenvalue weighted by molar-refractivity contribution is 0.0492. The first-order chi connectivity index (χ1) is 12.7. The van der Waals surface area contributed by atoms with Crippen LogP contribution in [0.15, 0.2) is 11.5 Å². The Bertz CT molecular complexity index is 637. The maximum atomic E-state index is 11.4. The molecule has 0 bridgehead atoms. The topological polar surface area (TPSA) is 64.6 Å². The molecule has 152 valence electrons. The molecule has 1 heterocycles. The molecular formula is C21H33NO4S. The molecule has 0 aromatic carbocycles. The standard InChI is InChI=1S/C11H21NO2.C10H12O2S/c1-11(2,3)14-10(13)12-9-7-5-4-6-8-9;1-4-5-9-7(2)8(6-13-9)10(11)12-3/h9H,4-8H2,1-3H3,(H,12,13);4-6H,1-3H3/b;5-4+. The number of alkyl carbamates (subject to hydrolysis) is 1. The second kappa shape index (κ2) is 11.1. The van der Waals surface area contributed by atoms with E-state index < -0.39 is 5.60 Å². The van der Waals surface area contributed by atoms with Gasteiger partial charge in [-0.2, -0.15) is 0 Å². The smallest absolute Gasteiger partial charge is 0.407 e. The highest BCUT2D eigenvalue weighted by atomic mass is 32.1. The molecule has 1 amide bonds. The molecule has 2 rings (SSSR count). The molecule has 0 unspecified atom stereocenters. The molecule has 5 nitrogen and oxygen atoms in total. The summed E-state index contributed by atoms with van der Waals surface area (Å²) in [7, 11) is 1.40. The Labute approximate surface area is 167 Å². The molecule has 1 aromatic heterocycles. The normalized spacial score (nSPS) is 15.0. The van der Waals surface area contributed by atoms with Gasteiger partial charge in [-0.3, -0.25) is 0 Å².